The summed E-state index contributed by atoms with van der Waals surface area (Å²) in [6.07, 6.45) is 4.42. The minimum atomic E-state index is -0.890. The lowest BCUT2D eigenvalue weighted by Crippen LogP contribution is -2.50. The van der Waals surface area contributed by atoms with Gasteiger partial charge >= 0.3 is 6.03 Å². The predicted octanol–water partition coefficient (Wildman–Crippen LogP) is 3.08. The van der Waals surface area contributed by atoms with Gasteiger partial charge in [0.05, 0.1) is 10.7 Å². The number of carbonyl (C=O) groups excluding carboxylic acids is 3. The molecule has 29 heavy (non-hydrogen) atoms. The Kier molecular flexibility index (Phi) is 5.08. The monoisotopic (exact) mass is 416 g/mol. The first-order valence-electron chi connectivity index (χ1n) is 9.56. The summed E-state index contributed by atoms with van der Waals surface area (Å²) in [5.74, 6) is -1.25. The molecule has 1 saturated heterocycles. The first kappa shape index (κ1) is 19.5. The molecule has 2 aromatic rings. The van der Waals surface area contributed by atoms with Crippen LogP contribution >= 0.6 is 11.3 Å². The maximum atomic E-state index is 13.1. The van der Waals surface area contributed by atoms with Gasteiger partial charge in [-0.2, -0.15) is 5.01 Å². The molecule has 0 unspecified atom stereocenters. The van der Waals surface area contributed by atoms with Gasteiger partial charge in [0, 0.05) is 6.42 Å². The molecule has 1 aromatic carbocycles. The number of aromatic nitrogens is 1. The van der Waals surface area contributed by atoms with Gasteiger partial charge < -0.3 is 5.32 Å². The van der Waals surface area contributed by atoms with Crippen LogP contribution in [0, 0.1) is 12.7 Å². The summed E-state index contributed by atoms with van der Waals surface area (Å²) in [4.78, 5) is 42.6. The van der Waals surface area contributed by atoms with Crippen molar-refractivity contribution in [3.05, 3.63) is 51.2 Å². The molecule has 1 spiro atoms. The standard InChI is InChI=1S/C20H21FN4O3S/c1-12-16(29-15(22-12)11-13-5-7-14(21)8-6-13)17(26)24-25-18(27)20(23-19(25)28)9-3-2-4-10-20/h5-8H,2-4,9-11H2,1H3,(H,23,28)(H,24,26). The Hall–Kier alpha value is -2.81. The summed E-state index contributed by atoms with van der Waals surface area (Å²) in [6.45, 7) is 1.70. The summed E-state index contributed by atoms with van der Waals surface area (Å²) < 4.78 is 13.1. The van der Waals surface area contributed by atoms with Crippen molar-refractivity contribution in [3.63, 3.8) is 0 Å². The molecule has 4 amide bonds. The Bertz CT molecular complexity index is 967. The van der Waals surface area contributed by atoms with Crippen molar-refractivity contribution >= 4 is 29.2 Å². The number of hydrazine groups is 1. The number of halogens is 1. The highest BCUT2D eigenvalue weighted by atomic mass is 32.1. The van der Waals surface area contributed by atoms with Gasteiger partial charge in [0.15, 0.2) is 0 Å². The molecule has 1 aliphatic carbocycles. The summed E-state index contributed by atoms with van der Waals surface area (Å²) in [5.41, 5.74) is 2.95. The molecular weight excluding hydrogens is 395 g/mol. The van der Waals surface area contributed by atoms with E-state index in [2.05, 4.69) is 15.7 Å². The number of benzene rings is 1. The SMILES string of the molecule is Cc1nc(Cc2ccc(F)cc2)sc1C(=O)NN1C(=O)NC2(CCCCC2)C1=O. The third-order valence-electron chi connectivity index (χ3n) is 5.40. The van der Waals surface area contributed by atoms with Crippen LogP contribution in [0.25, 0.3) is 0 Å². The predicted molar refractivity (Wildman–Crippen MR) is 105 cm³/mol. The highest BCUT2D eigenvalue weighted by Gasteiger charge is 2.52. The van der Waals surface area contributed by atoms with E-state index < -0.39 is 23.4 Å². The number of urea groups is 1. The smallest absolute Gasteiger partial charge is 0.322 e. The minimum absolute atomic E-state index is 0.312. The molecule has 9 heteroatoms. The molecule has 2 N–H and O–H groups in total. The third-order valence-corrected chi connectivity index (χ3v) is 6.55. The topological polar surface area (TPSA) is 91.4 Å². The average Bonchev–Trinajstić information content (AvgIpc) is 3.17. The van der Waals surface area contributed by atoms with E-state index in [9.17, 15) is 18.8 Å². The Balaban J connectivity index is 1.47. The Labute approximate surface area is 171 Å². The van der Waals surface area contributed by atoms with Gasteiger partial charge in [0.1, 0.15) is 16.2 Å². The van der Waals surface area contributed by atoms with Gasteiger partial charge in [-0.25, -0.2) is 14.2 Å². The number of rotatable bonds is 4. The molecule has 2 fully saturated rings. The van der Waals surface area contributed by atoms with Gasteiger partial charge in [0.25, 0.3) is 11.8 Å². The molecule has 4 rings (SSSR count). The quantitative estimate of drug-likeness (QED) is 0.750. The number of imide groups is 1. The van der Waals surface area contributed by atoms with Crippen molar-refractivity contribution in [3.8, 4) is 0 Å². The van der Waals surface area contributed by atoms with Crippen LogP contribution in [0.2, 0.25) is 0 Å². The lowest BCUT2D eigenvalue weighted by molar-refractivity contribution is -0.134. The summed E-state index contributed by atoms with van der Waals surface area (Å²) in [7, 11) is 0. The van der Waals surface area contributed by atoms with Crippen molar-refractivity contribution in [1.82, 2.24) is 20.7 Å². The van der Waals surface area contributed by atoms with Crippen LogP contribution in [0.4, 0.5) is 9.18 Å². The number of thiazole rings is 1. The highest BCUT2D eigenvalue weighted by molar-refractivity contribution is 7.13. The van der Waals surface area contributed by atoms with Crippen molar-refractivity contribution in [2.24, 2.45) is 0 Å². The first-order valence-corrected chi connectivity index (χ1v) is 10.4. The van der Waals surface area contributed by atoms with E-state index in [1.165, 1.54) is 23.5 Å². The molecule has 2 aliphatic rings. The van der Waals surface area contributed by atoms with Crippen molar-refractivity contribution in [2.45, 2.75) is 51.0 Å². The van der Waals surface area contributed by atoms with E-state index in [1.807, 2.05) is 0 Å². The van der Waals surface area contributed by atoms with Gasteiger partial charge in [0.2, 0.25) is 0 Å². The zero-order valence-corrected chi connectivity index (χ0v) is 16.8. The van der Waals surface area contributed by atoms with Crippen LogP contribution in [0.3, 0.4) is 0 Å². The maximum Gasteiger partial charge on any atom is 0.344 e. The summed E-state index contributed by atoms with van der Waals surface area (Å²) in [5, 5.41) is 4.26. The molecule has 0 bridgehead atoms. The second-order valence-corrected chi connectivity index (χ2v) is 8.56. The van der Waals surface area contributed by atoms with Gasteiger partial charge in [-0.1, -0.05) is 31.4 Å². The molecule has 2 heterocycles. The zero-order chi connectivity index (χ0) is 20.6. The van der Waals surface area contributed by atoms with E-state index in [4.69, 9.17) is 0 Å². The molecular formula is C20H21FN4O3S. The largest absolute Gasteiger partial charge is 0.344 e. The van der Waals surface area contributed by atoms with Crippen molar-refractivity contribution in [2.75, 3.05) is 0 Å². The van der Waals surface area contributed by atoms with Crippen LogP contribution in [0.1, 0.15) is 58.0 Å². The number of nitrogens with one attached hydrogen (secondary N) is 2. The van der Waals surface area contributed by atoms with Gasteiger partial charge in [-0.05, 0) is 37.5 Å². The number of nitrogens with zero attached hydrogens (tertiary/aromatic N) is 2. The van der Waals surface area contributed by atoms with Crippen LogP contribution in [0.15, 0.2) is 24.3 Å². The molecule has 152 valence electrons. The fourth-order valence-electron chi connectivity index (χ4n) is 3.88. The normalized spacial score (nSPS) is 18.2. The van der Waals surface area contributed by atoms with Crippen LogP contribution in [-0.4, -0.2) is 33.4 Å². The minimum Gasteiger partial charge on any atom is -0.322 e. The Morgan fingerprint density at radius 2 is 1.93 bits per heavy atom. The molecule has 1 aliphatic heterocycles. The van der Waals surface area contributed by atoms with E-state index >= 15 is 0 Å². The second kappa shape index (κ2) is 7.55. The van der Waals surface area contributed by atoms with Crippen LogP contribution in [-0.2, 0) is 11.2 Å². The van der Waals surface area contributed by atoms with E-state index in [1.54, 1.807) is 19.1 Å². The Morgan fingerprint density at radius 3 is 2.62 bits per heavy atom. The summed E-state index contributed by atoms with van der Waals surface area (Å²) >= 11 is 1.19. The van der Waals surface area contributed by atoms with Gasteiger partial charge in [-0.3, -0.25) is 15.0 Å². The Morgan fingerprint density at radius 1 is 1.24 bits per heavy atom. The van der Waals surface area contributed by atoms with Crippen LogP contribution < -0.4 is 10.7 Å². The molecule has 0 atom stereocenters. The van der Waals surface area contributed by atoms with E-state index in [-0.39, 0.29) is 5.82 Å². The third kappa shape index (κ3) is 3.74. The summed E-state index contributed by atoms with van der Waals surface area (Å²) in [6, 6.07) is 5.49. The average molecular weight is 416 g/mol. The highest BCUT2D eigenvalue weighted by Crippen LogP contribution is 2.33. The first-order chi connectivity index (χ1) is 13.9. The molecule has 7 nitrogen and oxygen atoms in total. The lowest BCUT2D eigenvalue weighted by atomic mass is 9.82. The number of aryl methyl sites for hydroxylation is 1. The number of amides is 4. The second-order valence-electron chi connectivity index (χ2n) is 7.48. The number of carbonyl (C=O) groups is 3. The van der Waals surface area contributed by atoms with Gasteiger partial charge in [-0.15, -0.1) is 11.3 Å². The molecule has 0 radical (unpaired) electrons. The molecule has 1 aromatic heterocycles. The van der Waals surface area contributed by atoms with Crippen molar-refractivity contribution < 1.29 is 18.8 Å². The maximum absolute atomic E-state index is 13.1. The van der Waals surface area contributed by atoms with E-state index in [0.29, 0.717) is 34.8 Å². The zero-order valence-electron chi connectivity index (χ0n) is 16.0. The molecule has 1 saturated carbocycles. The fraction of sp³-hybridized carbons (Fsp3) is 0.400. The van der Waals surface area contributed by atoms with E-state index in [0.717, 1.165) is 29.8 Å². The van der Waals surface area contributed by atoms with Crippen molar-refractivity contribution in [1.29, 1.82) is 0 Å². The van der Waals surface area contributed by atoms with Crippen LogP contribution in [0.5, 0.6) is 0 Å². The number of hydrogen-bond donors (Lipinski definition) is 2. The fourth-order valence-corrected chi connectivity index (χ4v) is 4.87. The number of hydrogen-bond acceptors (Lipinski definition) is 5. The lowest BCUT2D eigenvalue weighted by Gasteiger charge is -2.30.